The maximum absolute atomic E-state index is 12.6. The van der Waals surface area contributed by atoms with Gasteiger partial charge in [-0.25, -0.2) is 9.59 Å². The highest BCUT2D eigenvalue weighted by atomic mass is 16.6. The van der Waals surface area contributed by atoms with Crippen molar-refractivity contribution < 1.29 is 28.6 Å². The van der Waals surface area contributed by atoms with E-state index in [1.165, 1.54) is 14.0 Å². The summed E-state index contributed by atoms with van der Waals surface area (Å²) in [5.41, 5.74) is 1.07. The predicted molar refractivity (Wildman–Crippen MR) is 130 cm³/mol. The lowest BCUT2D eigenvalue weighted by Crippen LogP contribution is -2.27. The van der Waals surface area contributed by atoms with E-state index in [1.807, 2.05) is 24.3 Å². The lowest BCUT2D eigenvalue weighted by Gasteiger charge is -2.21. The second kappa shape index (κ2) is 10.2. The molecule has 0 fully saturated rings. The molecule has 0 saturated heterocycles. The second-order valence-electron chi connectivity index (χ2n) is 8.61. The predicted octanol–water partition coefficient (Wildman–Crippen LogP) is 5.44. The number of nitrogens with one attached hydrogen (secondary N) is 2. The first-order valence-electron chi connectivity index (χ1n) is 10.7. The minimum Gasteiger partial charge on any atom is -0.473 e. The third kappa shape index (κ3) is 6.25. The Bertz CT molecular complexity index is 1200. The summed E-state index contributed by atoms with van der Waals surface area (Å²) in [4.78, 5) is 36.1. The first-order valence-corrected chi connectivity index (χ1v) is 10.7. The maximum atomic E-state index is 12.6. The van der Waals surface area contributed by atoms with Crippen LogP contribution in [0.1, 0.15) is 39.4 Å². The molecule has 0 aliphatic rings. The number of hydrogen-bond donors (Lipinski definition) is 2. The molecule has 0 aromatic heterocycles. The highest BCUT2D eigenvalue weighted by Gasteiger charge is 2.25. The summed E-state index contributed by atoms with van der Waals surface area (Å²) in [6, 6.07) is 17.5. The van der Waals surface area contributed by atoms with Crippen LogP contribution in [0.3, 0.4) is 0 Å². The van der Waals surface area contributed by atoms with Gasteiger partial charge in [-0.1, -0.05) is 36.4 Å². The molecule has 3 aromatic carbocycles. The number of ether oxygens (including phenoxy) is 3. The smallest absolute Gasteiger partial charge is 0.412 e. The minimum atomic E-state index is -1.04. The number of benzene rings is 3. The standard InChI is InChI=1S/C26H28N2O6/c1-16(29)27-18-12-10-17(11-13-18)23(24(30)32-5)33-22-15-14-21(19-8-6-7-9-20(19)22)28-25(31)34-26(2,3)4/h6-15,23H,1-5H3,(H,27,29)(H,28,31). The third-order valence-corrected chi connectivity index (χ3v) is 4.71. The molecule has 178 valence electrons. The number of anilines is 2. The van der Waals surface area contributed by atoms with Gasteiger partial charge in [0.1, 0.15) is 11.4 Å². The summed E-state index contributed by atoms with van der Waals surface area (Å²) < 4.78 is 16.4. The molecule has 0 radical (unpaired) electrons. The molecule has 0 spiro atoms. The van der Waals surface area contributed by atoms with Crippen LogP contribution in [-0.4, -0.2) is 30.7 Å². The van der Waals surface area contributed by atoms with Crippen LogP contribution in [0, 0.1) is 0 Å². The number of methoxy groups -OCH3 is 1. The number of amides is 2. The largest absolute Gasteiger partial charge is 0.473 e. The van der Waals surface area contributed by atoms with E-state index in [4.69, 9.17) is 14.2 Å². The molecular weight excluding hydrogens is 436 g/mol. The van der Waals surface area contributed by atoms with Crippen LogP contribution in [-0.2, 0) is 19.1 Å². The van der Waals surface area contributed by atoms with Gasteiger partial charge in [-0.2, -0.15) is 0 Å². The van der Waals surface area contributed by atoms with Crippen molar-refractivity contribution in [3.05, 3.63) is 66.2 Å². The first kappa shape index (κ1) is 24.6. The van der Waals surface area contributed by atoms with Crippen LogP contribution in [0.5, 0.6) is 5.75 Å². The molecule has 0 aliphatic carbocycles. The summed E-state index contributed by atoms with van der Waals surface area (Å²) in [5.74, 6) is -0.334. The van der Waals surface area contributed by atoms with E-state index in [-0.39, 0.29) is 5.91 Å². The quantitative estimate of drug-likeness (QED) is 0.471. The van der Waals surface area contributed by atoms with E-state index < -0.39 is 23.8 Å². The topological polar surface area (TPSA) is 103 Å². The molecule has 34 heavy (non-hydrogen) atoms. The number of carbonyl (C=O) groups is 3. The van der Waals surface area contributed by atoms with E-state index in [2.05, 4.69) is 10.6 Å². The Kier molecular flexibility index (Phi) is 7.40. The monoisotopic (exact) mass is 464 g/mol. The van der Waals surface area contributed by atoms with Crippen molar-refractivity contribution in [2.75, 3.05) is 17.7 Å². The molecule has 3 rings (SSSR count). The fraction of sp³-hybridized carbons (Fsp3) is 0.269. The average molecular weight is 465 g/mol. The lowest BCUT2D eigenvalue weighted by molar-refractivity contribution is -0.149. The number of carbonyl (C=O) groups excluding carboxylic acids is 3. The fourth-order valence-corrected chi connectivity index (χ4v) is 3.33. The van der Waals surface area contributed by atoms with Gasteiger partial charge in [0.25, 0.3) is 0 Å². The van der Waals surface area contributed by atoms with E-state index in [9.17, 15) is 14.4 Å². The lowest BCUT2D eigenvalue weighted by atomic mass is 10.1. The summed E-state index contributed by atoms with van der Waals surface area (Å²) in [6.45, 7) is 6.78. The third-order valence-electron chi connectivity index (χ3n) is 4.71. The van der Waals surface area contributed by atoms with Crippen LogP contribution >= 0.6 is 0 Å². The van der Waals surface area contributed by atoms with Gasteiger partial charge in [0.15, 0.2) is 0 Å². The number of hydrogen-bond acceptors (Lipinski definition) is 6. The van der Waals surface area contributed by atoms with Crippen molar-refractivity contribution in [3.8, 4) is 5.75 Å². The highest BCUT2D eigenvalue weighted by molar-refractivity contribution is 6.03. The van der Waals surface area contributed by atoms with Crippen LogP contribution in [0.4, 0.5) is 16.2 Å². The number of rotatable bonds is 6. The molecule has 0 heterocycles. The van der Waals surface area contributed by atoms with E-state index >= 15 is 0 Å². The molecule has 0 bridgehead atoms. The highest BCUT2D eigenvalue weighted by Crippen LogP contribution is 2.35. The summed E-state index contributed by atoms with van der Waals surface area (Å²) >= 11 is 0. The Morgan fingerprint density at radius 2 is 1.50 bits per heavy atom. The first-order chi connectivity index (χ1) is 16.1. The van der Waals surface area contributed by atoms with Crippen molar-refractivity contribution in [3.63, 3.8) is 0 Å². The summed E-state index contributed by atoms with van der Waals surface area (Å²) in [5, 5.41) is 6.86. The summed E-state index contributed by atoms with van der Waals surface area (Å²) in [7, 11) is 1.29. The second-order valence-corrected chi connectivity index (χ2v) is 8.61. The molecule has 1 atom stereocenters. The van der Waals surface area contributed by atoms with Crippen molar-refractivity contribution in [2.45, 2.75) is 39.4 Å². The molecule has 3 aromatic rings. The van der Waals surface area contributed by atoms with E-state index in [0.717, 1.165) is 5.39 Å². The number of fused-ring (bicyclic) bond motifs is 1. The van der Waals surface area contributed by atoms with Crippen LogP contribution in [0.25, 0.3) is 10.8 Å². The summed E-state index contributed by atoms with van der Waals surface area (Å²) in [6.07, 6.45) is -1.61. The number of esters is 1. The molecule has 8 heteroatoms. The van der Waals surface area contributed by atoms with Crippen molar-refractivity contribution in [1.29, 1.82) is 0 Å². The maximum Gasteiger partial charge on any atom is 0.412 e. The molecule has 0 saturated carbocycles. The zero-order valence-corrected chi connectivity index (χ0v) is 19.8. The van der Waals surface area contributed by atoms with Gasteiger partial charge in [-0.05, 0) is 45.0 Å². The van der Waals surface area contributed by atoms with Gasteiger partial charge in [-0.3, -0.25) is 10.1 Å². The molecule has 2 amide bonds. The SMILES string of the molecule is COC(=O)C(Oc1ccc(NC(=O)OC(C)(C)C)c2ccccc12)c1ccc(NC(C)=O)cc1. The average Bonchev–Trinajstić information content (AvgIpc) is 2.77. The molecular formula is C26H28N2O6. The molecule has 2 N–H and O–H groups in total. The zero-order valence-electron chi connectivity index (χ0n) is 19.8. The van der Waals surface area contributed by atoms with Crippen LogP contribution < -0.4 is 15.4 Å². The van der Waals surface area contributed by atoms with Gasteiger partial charge in [0.05, 0.1) is 12.8 Å². The van der Waals surface area contributed by atoms with Gasteiger partial charge in [0, 0.05) is 28.9 Å². The van der Waals surface area contributed by atoms with Gasteiger partial charge >= 0.3 is 12.1 Å². The molecule has 8 nitrogen and oxygen atoms in total. The van der Waals surface area contributed by atoms with Crippen molar-refractivity contribution in [2.24, 2.45) is 0 Å². The molecule has 1 unspecified atom stereocenters. The van der Waals surface area contributed by atoms with Gasteiger partial charge in [-0.15, -0.1) is 0 Å². The Labute approximate surface area is 198 Å². The van der Waals surface area contributed by atoms with E-state index in [1.54, 1.807) is 57.2 Å². The van der Waals surface area contributed by atoms with Gasteiger partial charge in [0.2, 0.25) is 12.0 Å². The minimum absolute atomic E-state index is 0.194. The van der Waals surface area contributed by atoms with Crippen LogP contribution in [0.2, 0.25) is 0 Å². The zero-order chi connectivity index (χ0) is 24.9. The van der Waals surface area contributed by atoms with Crippen molar-refractivity contribution >= 4 is 40.1 Å². The van der Waals surface area contributed by atoms with Crippen LogP contribution in [0.15, 0.2) is 60.7 Å². The Morgan fingerprint density at radius 3 is 2.09 bits per heavy atom. The van der Waals surface area contributed by atoms with Gasteiger partial charge < -0.3 is 19.5 Å². The van der Waals surface area contributed by atoms with Crippen molar-refractivity contribution in [1.82, 2.24) is 0 Å². The Morgan fingerprint density at radius 1 is 0.853 bits per heavy atom. The Hall–Kier alpha value is -4.07. The normalized spacial score (nSPS) is 11.9. The van der Waals surface area contributed by atoms with E-state index in [0.29, 0.717) is 28.1 Å². The molecule has 0 aliphatic heterocycles. The Balaban J connectivity index is 1.93. The fourth-order valence-electron chi connectivity index (χ4n) is 3.33.